The highest BCUT2D eigenvalue weighted by Crippen LogP contribution is 2.09. The van der Waals surface area contributed by atoms with Crippen molar-refractivity contribution in [3.8, 4) is 0 Å². The van der Waals surface area contributed by atoms with Crippen molar-refractivity contribution >= 4 is 11.5 Å². The number of Topliss-reactive ketones (excluding diaryl/α,β-unsaturated/α-hetero) is 1. The summed E-state index contributed by atoms with van der Waals surface area (Å²) in [7, 11) is 0. The van der Waals surface area contributed by atoms with Gasteiger partial charge in [-0.25, -0.2) is 4.39 Å². The summed E-state index contributed by atoms with van der Waals surface area (Å²) >= 11 is 0. The Hall–Kier alpha value is -2.23. The minimum atomic E-state index is -0.316. The molecule has 1 aromatic carbocycles. The Bertz CT molecular complexity index is 537. The number of aromatic nitrogens is 1. The Morgan fingerprint density at radius 3 is 2.59 bits per heavy atom. The van der Waals surface area contributed by atoms with Gasteiger partial charge in [0.05, 0.1) is 0 Å². The average Bonchev–Trinajstić information content (AvgIpc) is 2.32. The molecule has 0 spiro atoms. The number of carbonyl (C=O) groups excluding carboxylic acids is 1. The van der Waals surface area contributed by atoms with Crippen LogP contribution in [0.2, 0.25) is 0 Å². The molecule has 0 unspecified atom stereocenters. The van der Waals surface area contributed by atoms with Crippen LogP contribution in [0.4, 0.5) is 10.1 Å². The van der Waals surface area contributed by atoms with Crippen LogP contribution in [0.25, 0.3) is 0 Å². The molecule has 3 nitrogen and oxygen atoms in total. The second-order valence-electron chi connectivity index (χ2n) is 3.70. The van der Waals surface area contributed by atoms with Gasteiger partial charge >= 0.3 is 0 Å². The number of nitrogen functional groups attached to an aromatic ring is 1. The molecule has 1 heterocycles. The van der Waals surface area contributed by atoms with E-state index in [0.717, 1.165) is 5.56 Å². The zero-order chi connectivity index (χ0) is 12.3. The van der Waals surface area contributed by atoms with Crippen LogP contribution in [0, 0.1) is 5.82 Å². The minimum Gasteiger partial charge on any atom is -0.399 e. The van der Waals surface area contributed by atoms with Crippen molar-refractivity contribution in [3.63, 3.8) is 0 Å². The molecular formula is C13H11FN2O. The summed E-state index contributed by atoms with van der Waals surface area (Å²) in [6, 6.07) is 8.98. The van der Waals surface area contributed by atoms with Gasteiger partial charge in [0.2, 0.25) is 0 Å². The number of pyridine rings is 1. The number of carbonyl (C=O) groups is 1. The number of nitrogens with two attached hydrogens (primary N) is 1. The molecule has 0 aliphatic heterocycles. The maximum Gasteiger partial charge on any atom is 0.185 e. The van der Waals surface area contributed by atoms with E-state index < -0.39 is 0 Å². The number of hydrogen-bond donors (Lipinski definition) is 1. The lowest BCUT2D eigenvalue weighted by Gasteiger charge is -2.01. The van der Waals surface area contributed by atoms with Crippen molar-refractivity contribution in [2.45, 2.75) is 6.42 Å². The Labute approximate surface area is 98.1 Å². The van der Waals surface area contributed by atoms with Gasteiger partial charge in [0.15, 0.2) is 5.78 Å². The molecule has 0 fully saturated rings. The summed E-state index contributed by atoms with van der Waals surface area (Å²) in [5, 5.41) is 0. The summed E-state index contributed by atoms with van der Waals surface area (Å²) in [5.74, 6) is -0.452. The first-order chi connectivity index (χ1) is 8.15. The van der Waals surface area contributed by atoms with Crippen LogP contribution in [0.1, 0.15) is 16.1 Å². The van der Waals surface area contributed by atoms with Gasteiger partial charge < -0.3 is 5.73 Å². The Kier molecular flexibility index (Phi) is 3.14. The van der Waals surface area contributed by atoms with E-state index in [-0.39, 0.29) is 18.0 Å². The first-order valence-corrected chi connectivity index (χ1v) is 5.14. The molecule has 0 saturated carbocycles. The van der Waals surface area contributed by atoms with Crippen LogP contribution < -0.4 is 5.73 Å². The lowest BCUT2D eigenvalue weighted by molar-refractivity contribution is 0.0988. The molecule has 0 atom stereocenters. The minimum absolute atomic E-state index is 0.135. The van der Waals surface area contributed by atoms with E-state index in [0.29, 0.717) is 11.4 Å². The van der Waals surface area contributed by atoms with Crippen LogP contribution in [0.15, 0.2) is 42.6 Å². The van der Waals surface area contributed by atoms with Gasteiger partial charge in [-0.3, -0.25) is 9.78 Å². The summed E-state index contributed by atoms with van der Waals surface area (Å²) in [6.07, 6.45) is 1.68. The van der Waals surface area contributed by atoms with Gasteiger partial charge in [-0.1, -0.05) is 12.1 Å². The van der Waals surface area contributed by atoms with Crippen molar-refractivity contribution < 1.29 is 9.18 Å². The van der Waals surface area contributed by atoms with Gasteiger partial charge in [-0.15, -0.1) is 0 Å². The second-order valence-corrected chi connectivity index (χ2v) is 3.70. The SMILES string of the molecule is Nc1ccnc(C(=O)Cc2ccc(F)cc2)c1. The Morgan fingerprint density at radius 2 is 1.94 bits per heavy atom. The summed E-state index contributed by atoms with van der Waals surface area (Å²) in [6.45, 7) is 0. The third-order valence-electron chi connectivity index (χ3n) is 2.35. The fourth-order valence-corrected chi connectivity index (χ4v) is 1.48. The van der Waals surface area contributed by atoms with E-state index in [1.165, 1.54) is 24.4 Å². The molecule has 0 amide bonds. The van der Waals surface area contributed by atoms with E-state index in [1.54, 1.807) is 18.2 Å². The van der Waals surface area contributed by atoms with Crippen molar-refractivity contribution in [2.24, 2.45) is 0 Å². The van der Waals surface area contributed by atoms with Gasteiger partial charge in [0.25, 0.3) is 0 Å². The quantitative estimate of drug-likeness (QED) is 0.822. The zero-order valence-electron chi connectivity index (χ0n) is 9.06. The predicted octanol–water partition coefficient (Wildman–Crippen LogP) is 2.23. The number of hydrogen-bond acceptors (Lipinski definition) is 3. The molecule has 86 valence electrons. The number of anilines is 1. The van der Waals surface area contributed by atoms with Crippen LogP contribution in [-0.2, 0) is 6.42 Å². The van der Waals surface area contributed by atoms with Gasteiger partial charge in [-0.05, 0) is 29.8 Å². The lowest BCUT2D eigenvalue weighted by atomic mass is 10.1. The molecule has 1 aromatic heterocycles. The lowest BCUT2D eigenvalue weighted by Crippen LogP contribution is -2.06. The van der Waals surface area contributed by atoms with Crippen molar-refractivity contribution in [1.29, 1.82) is 0 Å². The number of halogens is 1. The normalized spacial score (nSPS) is 10.2. The highest BCUT2D eigenvalue weighted by atomic mass is 19.1. The molecule has 2 N–H and O–H groups in total. The standard InChI is InChI=1S/C13H11FN2O/c14-10-3-1-9(2-4-10)7-13(17)12-8-11(15)5-6-16-12/h1-6,8H,7H2,(H2,15,16). The number of nitrogens with zero attached hydrogens (tertiary/aromatic N) is 1. The Morgan fingerprint density at radius 1 is 1.24 bits per heavy atom. The van der Waals surface area contributed by atoms with Gasteiger partial charge in [-0.2, -0.15) is 0 Å². The first-order valence-electron chi connectivity index (χ1n) is 5.14. The maximum absolute atomic E-state index is 12.7. The molecule has 4 heteroatoms. The van der Waals surface area contributed by atoms with E-state index >= 15 is 0 Å². The van der Waals surface area contributed by atoms with E-state index in [1.807, 2.05) is 0 Å². The number of rotatable bonds is 3. The van der Waals surface area contributed by atoms with Crippen molar-refractivity contribution in [3.05, 3.63) is 59.7 Å². The summed E-state index contributed by atoms with van der Waals surface area (Å²) < 4.78 is 12.7. The van der Waals surface area contributed by atoms with Crippen LogP contribution in [0.5, 0.6) is 0 Å². The molecule has 0 aliphatic carbocycles. The predicted molar refractivity (Wildman–Crippen MR) is 63.1 cm³/mol. The fraction of sp³-hybridized carbons (Fsp3) is 0.0769. The average molecular weight is 230 g/mol. The molecular weight excluding hydrogens is 219 g/mol. The zero-order valence-corrected chi connectivity index (χ0v) is 9.06. The van der Waals surface area contributed by atoms with Crippen LogP contribution >= 0.6 is 0 Å². The fourth-order valence-electron chi connectivity index (χ4n) is 1.48. The highest BCUT2D eigenvalue weighted by molar-refractivity contribution is 5.96. The summed E-state index contributed by atoms with van der Waals surface area (Å²) in [5.41, 5.74) is 7.15. The number of ketones is 1. The van der Waals surface area contributed by atoms with Crippen LogP contribution in [0.3, 0.4) is 0 Å². The van der Waals surface area contributed by atoms with E-state index in [2.05, 4.69) is 4.98 Å². The summed E-state index contributed by atoms with van der Waals surface area (Å²) in [4.78, 5) is 15.8. The monoisotopic (exact) mass is 230 g/mol. The van der Waals surface area contributed by atoms with Gasteiger partial charge in [0.1, 0.15) is 11.5 Å². The number of benzene rings is 1. The van der Waals surface area contributed by atoms with E-state index in [9.17, 15) is 9.18 Å². The largest absolute Gasteiger partial charge is 0.399 e. The molecule has 17 heavy (non-hydrogen) atoms. The van der Waals surface area contributed by atoms with Crippen molar-refractivity contribution in [1.82, 2.24) is 4.98 Å². The van der Waals surface area contributed by atoms with Crippen molar-refractivity contribution in [2.75, 3.05) is 5.73 Å². The molecule has 2 aromatic rings. The highest BCUT2D eigenvalue weighted by Gasteiger charge is 2.08. The third kappa shape index (κ3) is 2.87. The molecule has 0 bridgehead atoms. The molecule has 2 rings (SSSR count). The van der Waals surface area contributed by atoms with E-state index in [4.69, 9.17) is 5.73 Å². The third-order valence-corrected chi connectivity index (χ3v) is 2.35. The maximum atomic E-state index is 12.7. The molecule has 0 saturated heterocycles. The Balaban J connectivity index is 2.14. The first kappa shape index (κ1) is 11.3. The smallest absolute Gasteiger partial charge is 0.185 e. The van der Waals surface area contributed by atoms with Crippen LogP contribution in [-0.4, -0.2) is 10.8 Å². The second kappa shape index (κ2) is 4.74. The molecule has 0 aliphatic rings. The molecule has 0 radical (unpaired) electrons. The van der Waals surface area contributed by atoms with Gasteiger partial charge in [0, 0.05) is 18.3 Å². The topological polar surface area (TPSA) is 56.0 Å².